The summed E-state index contributed by atoms with van der Waals surface area (Å²) in [5, 5.41) is 1.02. The largest absolute Gasteiger partial charge is 0.465 e. The van der Waals surface area contributed by atoms with Crippen LogP contribution in [0, 0.1) is 0 Å². The van der Waals surface area contributed by atoms with Crippen LogP contribution in [0.5, 0.6) is 0 Å². The molecule has 84 valence electrons. The van der Waals surface area contributed by atoms with Gasteiger partial charge in [-0.3, -0.25) is 0 Å². The highest BCUT2D eigenvalue weighted by molar-refractivity contribution is 9.10. The van der Waals surface area contributed by atoms with Crippen molar-refractivity contribution in [3.63, 3.8) is 0 Å². The summed E-state index contributed by atoms with van der Waals surface area (Å²) < 4.78 is 5.47. The fourth-order valence-corrected chi connectivity index (χ4v) is 2.49. The maximum absolute atomic E-state index is 11.6. The Labute approximate surface area is 105 Å². The fourth-order valence-electron chi connectivity index (χ4n) is 1.58. The number of aromatic nitrogens is 1. The summed E-state index contributed by atoms with van der Waals surface area (Å²) in [6, 6.07) is 3.49. The lowest BCUT2D eigenvalue weighted by Gasteiger charge is -2.00. The van der Waals surface area contributed by atoms with Gasteiger partial charge >= 0.3 is 5.97 Å². The minimum absolute atomic E-state index is 0.252. The monoisotopic (exact) mass is 302 g/mol. The molecule has 1 aromatic heterocycles. The molecule has 0 bridgehead atoms. The Morgan fingerprint density at radius 3 is 2.88 bits per heavy atom. The minimum atomic E-state index is -0.507. The second-order valence-electron chi connectivity index (χ2n) is 3.22. The van der Waals surface area contributed by atoms with Gasteiger partial charge < -0.3 is 15.5 Å². The molecule has 2 aromatic rings. The van der Waals surface area contributed by atoms with Crippen LogP contribution < -0.4 is 5.73 Å². The van der Waals surface area contributed by atoms with Crippen LogP contribution in [0.1, 0.15) is 10.4 Å². The van der Waals surface area contributed by atoms with Gasteiger partial charge in [-0.05, 0) is 12.1 Å². The zero-order valence-electron chi connectivity index (χ0n) is 8.30. The van der Waals surface area contributed by atoms with Crippen molar-refractivity contribution in [3.8, 4) is 0 Å². The van der Waals surface area contributed by atoms with Crippen molar-refractivity contribution in [3.05, 3.63) is 27.2 Å². The Bertz CT molecular complexity index is 580. The zero-order chi connectivity index (χ0) is 11.9. The van der Waals surface area contributed by atoms with Crippen molar-refractivity contribution in [2.24, 2.45) is 0 Å². The van der Waals surface area contributed by atoms with Crippen LogP contribution in [-0.2, 0) is 4.74 Å². The van der Waals surface area contributed by atoms with Gasteiger partial charge in [-0.25, -0.2) is 4.79 Å². The Morgan fingerprint density at radius 1 is 1.56 bits per heavy atom. The lowest BCUT2D eigenvalue weighted by atomic mass is 10.1. The highest BCUT2D eigenvalue weighted by Gasteiger charge is 2.19. The van der Waals surface area contributed by atoms with Gasteiger partial charge in [0.25, 0.3) is 0 Å². The minimum Gasteiger partial charge on any atom is -0.465 e. The number of nitrogen functional groups attached to an aromatic ring is 1. The van der Waals surface area contributed by atoms with Crippen LogP contribution in [0.4, 0.5) is 5.82 Å². The molecule has 0 atom stereocenters. The summed E-state index contributed by atoms with van der Waals surface area (Å²) in [5.41, 5.74) is 6.68. The molecule has 0 unspecified atom stereocenters. The number of H-pyrrole nitrogens is 1. The van der Waals surface area contributed by atoms with Crippen LogP contribution in [0.25, 0.3) is 10.9 Å². The number of ether oxygens (including phenoxy) is 1. The molecule has 2 rings (SSSR count). The SMILES string of the molecule is COC(=O)c1c(N)[nH]c2cc(Br)cc(Cl)c12. The van der Waals surface area contributed by atoms with E-state index < -0.39 is 5.97 Å². The normalized spacial score (nSPS) is 10.7. The van der Waals surface area contributed by atoms with Gasteiger partial charge in [0, 0.05) is 9.86 Å². The number of nitrogens with one attached hydrogen (secondary N) is 1. The summed E-state index contributed by atoms with van der Waals surface area (Å²) in [5.74, 6) is -0.255. The number of methoxy groups -OCH3 is 1. The van der Waals surface area contributed by atoms with Crippen molar-refractivity contribution in [1.82, 2.24) is 4.98 Å². The first-order valence-electron chi connectivity index (χ1n) is 4.39. The summed E-state index contributed by atoms with van der Waals surface area (Å²) in [6.45, 7) is 0. The standard InChI is InChI=1S/C10H8BrClN2O2/c1-16-10(15)8-7-5(12)2-4(11)3-6(7)14-9(8)13/h2-3,14H,13H2,1H3. The van der Waals surface area contributed by atoms with E-state index in [1.54, 1.807) is 12.1 Å². The van der Waals surface area contributed by atoms with E-state index in [1.807, 2.05) is 0 Å². The quantitative estimate of drug-likeness (QED) is 0.796. The molecule has 0 spiro atoms. The van der Waals surface area contributed by atoms with Crippen molar-refractivity contribution < 1.29 is 9.53 Å². The van der Waals surface area contributed by atoms with Crippen LogP contribution in [0.3, 0.4) is 0 Å². The van der Waals surface area contributed by atoms with Gasteiger partial charge in [0.1, 0.15) is 11.4 Å². The molecule has 0 saturated heterocycles. The molecule has 1 heterocycles. The van der Waals surface area contributed by atoms with Crippen LogP contribution in [0.2, 0.25) is 5.02 Å². The first-order chi connectivity index (χ1) is 7.54. The van der Waals surface area contributed by atoms with Crippen molar-refractivity contribution in [2.75, 3.05) is 12.8 Å². The zero-order valence-corrected chi connectivity index (χ0v) is 10.6. The summed E-state index contributed by atoms with van der Waals surface area (Å²) >= 11 is 9.38. The third kappa shape index (κ3) is 1.66. The van der Waals surface area contributed by atoms with Gasteiger partial charge in [-0.1, -0.05) is 27.5 Å². The van der Waals surface area contributed by atoms with E-state index in [1.165, 1.54) is 7.11 Å². The number of nitrogens with two attached hydrogens (primary N) is 1. The number of halogens is 2. The molecule has 16 heavy (non-hydrogen) atoms. The third-order valence-electron chi connectivity index (χ3n) is 2.23. The van der Waals surface area contributed by atoms with E-state index in [0.29, 0.717) is 15.9 Å². The number of benzene rings is 1. The predicted molar refractivity (Wildman–Crippen MR) is 66.8 cm³/mol. The number of hydrogen-bond donors (Lipinski definition) is 2. The lowest BCUT2D eigenvalue weighted by molar-refractivity contribution is 0.0604. The van der Waals surface area contributed by atoms with E-state index >= 15 is 0 Å². The second-order valence-corrected chi connectivity index (χ2v) is 4.54. The third-order valence-corrected chi connectivity index (χ3v) is 2.99. The van der Waals surface area contributed by atoms with Crippen LogP contribution in [-0.4, -0.2) is 18.1 Å². The smallest absolute Gasteiger partial charge is 0.342 e. The molecular formula is C10H8BrClN2O2. The first-order valence-corrected chi connectivity index (χ1v) is 5.56. The number of aromatic amines is 1. The molecule has 0 amide bonds. The Balaban J connectivity index is 2.84. The van der Waals surface area contributed by atoms with Crippen molar-refractivity contribution >= 4 is 50.2 Å². The first kappa shape index (κ1) is 11.3. The second kappa shape index (κ2) is 3.99. The molecule has 0 radical (unpaired) electrons. The van der Waals surface area contributed by atoms with E-state index in [2.05, 4.69) is 25.7 Å². The summed E-state index contributed by atoms with van der Waals surface area (Å²) in [7, 11) is 1.30. The number of anilines is 1. The average molecular weight is 304 g/mol. The predicted octanol–water partition coefficient (Wildman–Crippen LogP) is 2.95. The van der Waals surface area contributed by atoms with Gasteiger partial charge in [-0.15, -0.1) is 0 Å². The molecule has 0 aliphatic heterocycles. The van der Waals surface area contributed by atoms with Gasteiger partial charge in [-0.2, -0.15) is 0 Å². The maximum Gasteiger partial charge on any atom is 0.342 e. The number of hydrogen-bond acceptors (Lipinski definition) is 3. The molecule has 4 nitrogen and oxygen atoms in total. The number of carbonyl (C=O) groups excluding carboxylic acids is 1. The molecular weight excluding hydrogens is 295 g/mol. The highest BCUT2D eigenvalue weighted by Crippen LogP contribution is 2.33. The molecule has 0 aliphatic carbocycles. The molecule has 0 aliphatic rings. The Kier molecular flexibility index (Phi) is 2.82. The average Bonchev–Trinajstić information content (AvgIpc) is 2.53. The topological polar surface area (TPSA) is 68.1 Å². The summed E-state index contributed by atoms with van der Waals surface area (Å²) in [6.07, 6.45) is 0. The van der Waals surface area contributed by atoms with Gasteiger partial charge in [0.15, 0.2) is 0 Å². The Hall–Kier alpha value is -1.20. The number of rotatable bonds is 1. The van der Waals surface area contributed by atoms with Crippen molar-refractivity contribution in [1.29, 1.82) is 0 Å². The number of fused-ring (bicyclic) bond motifs is 1. The molecule has 0 saturated carbocycles. The Morgan fingerprint density at radius 2 is 2.25 bits per heavy atom. The molecule has 1 aromatic carbocycles. The van der Waals surface area contributed by atoms with E-state index in [-0.39, 0.29) is 11.4 Å². The molecule has 0 fully saturated rings. The summed E-state index contributed by atoms with van der Waals surface area (Å²) in [4.78, 5) is 14.4. The molecule has 6 heteroatoms. The fraction of sp³-hybridized carbons (Fsp3) is 0.100. The van der Waals surface area contributed by atoms with Gasteiger partial charge in [0.05, 0.1) is 17.6 Å². The van der Waals surface area contributed by atoms with E-state index in [4.69, 9.17) is 17.3 Å². The highest BCUT2D eigenvalue weighted by atomic mass is 79.9. The van der Waals surface area contributed by atoms with Gasteiger partial charge in [0.2, 0.25) is 0 Å². The molecule has 3 N–H and O–H groups in total. The van der Waals surface area contributed by atoms with Crippen molar-refractivity contribution in [2.45, 2.75) is 0 Å². The van der Waals surface area contributed by atoms with Crippen LogP contribution in [0.15, 0.2) is 16.6 Å². The van der Waals surface area contributed by atoms with E-state index in [0.717, 1.165) is 4.47 Å². The van der Waals surface area contributed by atoms with E-state index in [9.17, 15) is 4.79 Å². The van der Waals surface area contributed by atoms with Crippen LogP contribution >= 0.6 is 27.5 Å². The number of carbonyl (C=O) groups is 1. The maximum atomic E-state index is 11.6. The lowest BCUT2D eigenvalue weighted by Crippen LogP contribution is -2.03. The number of esters is 1.